The van der Waals surface area contributed by atoms with Gasteiger partial charge in [-0.1, -0.05) is 0 Å². The molecule has 9 heteroatoms. The first kappa shape index (κ1) is 11.9. The van der Waals surface area contributed by atoms with E-state index >= 15 is 0 Å². The summed E-state index contributed by atoms with van der Waals surface area (Å²) in [6.45, 7) is 0. The van der Waals surface area contributed by atoms with E-state index in [9.17, 15) is 28.1 Å². The third kappa shape index (κ3) is 2.43. The third-order valence-electron chi connectivity index (χ3n) is 1.54. The summed E-state index contributed by atoms with van der Waals surface area (Å²) in [4.78, 5) is 22.2. The minimum atomic E-state index is -4.93. The monoisotopic (exact) mass is 236 g/mol. The van der Waals surface area contributed by atoms with E-state index in [0.717, 1.165) is 0 Å². The van der Waals surface area contributed by atoms with Gasteiger partial charge in [-0.05, 0) is 9.91 Å². The molecule has 0 amide bonds. The summed E-state index contributed by atoms with van der Waals surface area (Å²) < 4.78 is 36.6. The molecule has 86 valence electrons. The Morgan fingerprint density at radius 3 is 2.38 bits per heavy atom. The van der Waals surface area contributed by atoms with Crippen molar-refractivity contribution < 1.29 is 28.0 Å². The van der Waals surface area contributed by atoms with Gasteiger partial charge in [-0.25, -0.2) is 4.79 Å². The summed E-state index contributed by atoms with van der Waals surface area (Å²) in [5.74, 6) is -2.86. The number of alkyl halides is 3. The van der Waals surface area contributed by atoms with Crippen LogP contribution in [0.1, 0.15) is 16.1 Å². The first-order chi connectivity index (χ1) is 7.21. The smallest absolute Gasteiger partial charge is 0.458 e. The number of carboxylic acids is 1. The van der Waals surface area contributed by atoms with E-state index in [2.05, 4.69) is 4.98 Å². The Hall–Kier alpha value is -2.19. The molecule has 1 aromatic rings. The van der Waals surface area contributed by atoms with Crippen LogP contribution in [0.25, 0.3) is 0 Å². The van der Waals surface area contributed by atoms with Crippen LogP contribution in [0, 0.1) is 10.1 Å². The zero-order valence-corrected chi connectivity index (χ0v) is 7.35. The predicted molar refractivity (Wildman–Crippen MR) is 42.9 cm³/mol. The molecular formula is C7H3F3N2O4. The first-order valence-corrected chi connectivity index (χ1v) is 3.69. The molecule has 0 aliphatic rings. The average molecular weight is 236 g/mol. The molecule has 1 N–H and O–H groups in total. The van der Waals surface area contributed by atoms with Crippen molar-refractivity contribution in [2.45, 2.75) is 6.18 Å². The lowest BCUT2D eigenvalue weighted by Gasteiger charge is -2.02. The number of rotatable bonds is 2. The van der Waals surface area contributed by atoms with E-state index in [1.54, 1.807) is 0 Å². The number of halogens is 3. The Balaban J connectivity index is 3.42. The summed E-state index contributed by atoms with van der Waals surface area (Å²) in [6, 6.07) is 0.687. The third-order valence-corrected chi connectivity index (χ3v) is 1.54. The van der Waals surface area contributed by atoms with E-state index in [0.29, 0.717) is 6.07 Å². The number of aromatic carboxylic acids is 1. The maximum Gasteiger partial charge on any atom is 0.458 e. The van der Waals surface area contributed by atoms with Gasteiger partial charge in [-0.2, -0.15) is 13.2 Å². The molecule has 0 spiro atoms. The van der Waals surface area contributed by atoms with Crippen molar-refractivity contribution >= 4 is 11.8 Å². The highest BCUT2D eigenvalue weighted by atomic mass is 19.4. The highest BCUT2D eigenvalue weighted by Gasteiger charge is 2.39. The maximum absolute atomic E-state index is 12.2. The second-order valence-electron chi connectivity index (χ2n) is 2.66. The van der Waals surface area contributed by atoms with Crippen molar-refractivity contribution in [2.75, 3.05) is 0 Å². The first-order valence-electron chi connectivity index (χ1n) is 3.69. The minimum absolute atomic E-state index is 0.231. The van der Waals surface area contributed by atoms with Crippen LogP contribution in [0.15, 0.2) is 12.1 Å². The molecular weight excluding hydrogens is 233 g/mol. The molecule has 0 unspecified atom stereocenters. The molecule has 6 nitrogen and oxygen atoms in total. The van der Waals surface area contributed by atoms with Crippen LogP contribution in [0.2, 0.25) is 0 Å². The molecule has 0 radical (unpaired) electrons. The summed E-state index contributed by atoms with van der Waals surface area (Å²) in [7, 11) is 0. The van der Waals surface area contributed by atoms with Crippen molar-refractivity contribution in [3.63, 3.8) is 0 Å². The largest absolute Gasteiger partial charge is 0.478 e. The SMILES string of the molecule is O=C(O)c1cc([N+](=O)[O-])nc(C(F)(F)F)c1. The van der Waals surface area contributed by atoms with E-state index in [1.165, 1.54) is 0 Å². The van der Waals surface area contributed by atoms with Gasteiger partial charge in [0.2, 0.25) is 0 Å². The summed E-state index contributed by atoms with van der Waals surface area (Å²) in [6.07, 6.45) is -4.93. The standard InChI is InChI=1S/C7H3F3N2O4/c8-7(9,10)4-1-3(6(13)14)2-5(11-4)12(15)16/h1-2H,(H,13,14). The molecule has 0 saturated carbocycles. The van der Waals surface area contributed by atoms with E-state index in [4.69, 9.17) is 5.11 Å². The van der Waals surface area contributed by atoms with Crippen LogP contribution >= 0.6 is 0 Å². The molecule has 16 heavy (non-hydrogen) atoms. The minimum Gasteiger partial charge on any atom is -0.478 e. The van der Waals surface area contributed by atoms with Crippen LogP contribution < -0.4 is 0 Å². The van der Waals surface area contributed by atoms with Gasteiger partial charge in [-0.15, -0.1) is 0 Å². The van der Waals surface area contributed by atoms with Crippen LogP contribution in [0.4, 0.5) is 19.0 Å². The van der Waals surface area contributed by atoms with Crippen molar-refractivity contribution in [1.82, 2.24) is 4.98 Å². The maximum atomic E-state index is 12.2. The second-order valence-corrected chi connectivity index (χ2v) is 2.66. The number of carboxylic acid groups (broad SMARTS) is 1. The van der Waals surface area contributed by atoms with Gasteiger partial charge in [0.15, 0.2) is 0 Å². The van der Waals surface area contributed by atoms with Gasteiger partial charge in [0.25, 0.3) is 5.69 Å². The van der Waals surface area contributed by atoms with Gasteiger partial charge >= 0.3 is 18.0 Å². The summed E-state index contributed by atoms with van der Waals surface area (Å²) >= 11 is 0. The Labute approximate surface area is 85.5 Å². The Morgan fingerprint density at radius 1 is 1.44 bits per heavy atom. The van der Waals surface area contributed by atoms with Gasteiger partial charge in [-0.3, -0.25) is 0 Å². The van der Waals surface area contributed by atoms with E-state index in [-0.39, 0.29) is 6.07 Å². The van der Waals surface area contributed by atoms with Gasteiger partial charge in [0.1, 0.15) is 0 Å². The highest BCUT2D eigenvalue weighted by Crippen LogP contribution is 2.29. The molecule has 0 bridgehead atoms. The van der Waals surface area contributed by atoms with Crippen molar-refractivity contribution in [2.24, 2.45) is 0 Å². The fraction of sp³-hybridized carbons (Fsp3) is 0.143. The van der Waals surface area contributed by atoms with E-state index in [1.807, 2.05) is 0 Å². The molecule has 0 aliphatic carbocycles. The molecule has 0 aliphatic heterocycles. The molecule has 0 atom stereocenters. The quantitative estimate of drug-likeness (QED) is 0.623. The summed E-state index contributed by atoms with van der Waals surface area (Å²) in [5, 5.41) is 18.7. The topological polar surface area (TPSA) is 93.3 Å². The molecule has 0 fully saturated rings. The van der Waals surface area contributed by atoms with E-state index < -0.39 is 34.1 Å². The zero-order valence-electron chi connectivity index (χ0n) is 7.35. The fourth-order valence-electron chi connectivity index (χ4n) is 0.878. The van der Waals surface area contributed by atoms with Gasteiger partial charge in [0, 0.05) is 6.07 Å². The number of pyridine rings is 1. The Kier molecular flexibility index (Phi) is 2.79. The fourth-order valence-corrected chi connectivity index (χ4v) is 0.878. The van der Waals surface area contributed by atoms with Crippen molar-refractivity contribution in [3.05, 3.63) is 33.5 Å². The molecule has 1 heterocycles. The number of hydrogen-bond acceptors (Lipinski definition) is 4. The number of hydrogen-bond donors (Lipinski definition) is 1. The Morgan fingerprint density at radius 2 is 2.00 bits per heavy atom. The van der Waals surface area contributed by atoms with Crippen molar-refractivity contribution in [3.8, 4) is 0 Å². The number of nitro groups is 1. The zero-order chi connectivity index (χ0) is 12.5. The molecule has 1 aromatic heterocycles. The molecule has 0 saturated heterocycles. The lowest BCUT2D eigenvalue weighted by molar-refractivity contribution is -0.390. The highest BCUT2D eigenvalue weighted by molar-refractivity contribution is 5.88. The van der Waals surface area contributed by atoms with Crippen molar-refractivity contribution in [1.29, 1.82) is 0 Å². The number of nitrogens with zero attached hydrogens (tertiary/aromatic N) is 2. The second kappa shape index (κ2) is 3.76. The number of carbonyl (C=O) groups is 1. The lowest BCUT2D eigenvalue weighted by atomic mass is 10.2. The lowest BCUT2D eigenvalue weighted by Crippen LogP contribution is -2.12. The van der Waals surface area contributed by atoms with Crippen LogP contribution in [-0.4, -0.2) is 21.0 Å². The number of aromatic nitrogens is 1. The van der Waals surface area contributed by atoms with Crippen LogP contribution in [0.5, 0.6) is 0 Å². The van der Waals surface area contributed by atoms with Crippen LogP contribution in [-0.2, 0) is 6.18 Å². The van der Waals surface area contributed by atoms with Gasteiger partial charge < -0.3 is 15.2 Å². The van der Waals surface area contributed by atoms with Gasteiger partial charge in [0.05, 0.1) is 11.6 Å². The predicted octanol–water partition coefficient (Wildman–Crippen LogP) is 1.71. The average Bonchev–Trinajstić information content (AvgIpc) is 2.15. The van der Waals surface area contributed by atoms with Crippen LogP contribution in [0.3, 0.4) is 0 Å². The normalized spacial score (nSPS) is 11.2. The molecule has 0 aromatic carbocycles. The summed E-state index contributed by atoms with van der Waals surface area (Å²) in [5.41, 5.74) is -2.45. The molecule has 1 rings (SSSR count). The Bertz CT molecular complexity index is 425.